The van der Waals surface area contributed by atoms with Crippen LogP contribution in [0.2, 0.25) is 0 Å². The lowest BCUT2D eigenvalue weighted by Crippen LogP contribution is -2.04. The summed E-state index contributed by atoms with van der Waals surface area (Å²) < 4.78 is 13.3. The van der Waals surface area contributed by atoms with E-state index in [0.29, 0.717) is 17.5 Å². The van der Waals surface area contributed by atoms with Gasteiger partial charge in [0.1, 0.15) is 16.5 Å². The number of rotatable bonds is 4. The maximum Gasteiger partial charge on any atom is 0.226 e. The van der Waals surface area contributed by atoms with Crippen molar-refractivity contribution in [2.45, 2.75) is 13.8 Å². The van der Waals surface area contributed by atoms with Crippen LogP contribution in [0.4, 0.5) is 21.8 Å². The van der Waals surface area contributed by atoms with E-state index < -0.39 is 0 Å². The molecule has 0 radical (unpaired) electrons. The zero-order valence-corrected chi connectivity index (χ0v) is 12.6. The number of nitrogens with zero attached hydrogens (tertiary/aromatic N) is 2. The zero-order valence-electron chi connectivity index (χ0n) is 11.8. The number of aromatic nitrogens is 2. The molecular formula is C15H15FN4S. The van der Waals surface area contributed by atoms with E-state index in [1.165, 1.54) is 12.1 Å². The Bertz CT molecular complexity index is 784. The summed E-state index contributed by atoms with van der Waals surface area (Å²) >= 11 is 1.61. The van der Waals surface area contributed by atoms with Gasteiger partial charge in [-0.15, -0.1) is 11.3 Å². The minimum absolute atomic E-state index is 0.279. The Morgan fingerprint density at radius 3 is 2.86 bits per heavy atom. The van der Waals surface area contributed by atoms with Gasteiger partial charge in [-0.05, 0) is 38.1 Å². The second-order valence-corrected chi connectivity index (χ2v) is 5.87. The van der Waals surface area contributed by atoms with Crippen LogP contribution in [0.3, 0.4) is 0 Å². The summed E-state index contributed by atoms with van der Waals surface area (Å²) in [6, 6.07) is 8.38. The van der Waals surface area contributed by atoms with E-state index in [0.717, 1.165) is 21.6 Å². The summed E-state index contributed by atoms with van der Waals surface area (Å²) in [6.45, 7) is 4.77. The average Bonchev–Trinajstić information content (AvgIpc) is 2.80. The van der Waals surface area contributed by atoms with E-state index in [9.17, 15) is 4.39 Å². The third-order valence-electron chi connectivity index (χ3n) is 2.94. The molecule has 1 aromatic carbocycles. The van der Waals surface area contributed by atoms with E-state index in [1.54, 1.807) is 17.4 Å². The number of benzene rings is 1. The number of halogens is 1. The van der Waals surface area contributed by atoms with E-state index >= 15 is 0 Å². The van der Waals surface area contributed by atoms with Crippen molar-refractivity contribution in [3.8, 4) is 0 Å². The number of hydrogen-bond acceptors (Lipinski definition) is 5. The first kappa shape index (κ1) is 13.8. The molecule has 2 heterocycles. The highest BCUT2D eigenvalue weighted by molar-refractivity contribution is 7.18. The van der Waals surface area contributed by atoms with Crippen LogP contribution in [-0.2, 0) is 0 Å². The van der Waals surface area contributed by atoms with Crippen molar-refractivity contribution in [3.63, 3.8) is 0 Å². The largest absolute Gasteiger partial charge is 0.354 e. The van der Waals surface area contributed by atoms with Crippen LogP contribution in [0.5, 0.6) is 0 Å². The van der Waals surface area contributed by atoms with Gasteiger partial charge in [0, 0.05) is 17.1 Å². The van der Waals surface area contributed by atoms with E-state index in [-0.39, 0.29) is 5.82 Å². The van der Waals surface area contributed by atoms with Gasteiger partial charge in [-0.25, -0.2) is 9.37 Å². The Morgan fingerprint density at radius 2 is 2.10 bits per heavy atom. The summed E-state index contributed by atoms with van der Waals surface area (Å²) in [5.41, 5.74) is 0.668. The van der Waals surface area contributed by atoms with E-state index in [1.807, 2.05) is 26.0 Å². The first-order valence-electron chi connectivity index (χ1n) is 6.70. The van der Waals surface area contributed by atoms with Crippen LogP contribution < -0.4 is 10.6 Å². The molecule has 0 aliphatic heterocycles. The highest BCUT2D eigenvalue weighted by atomic mass is 32.1. The van der Waals surface area contributed by atoms with Gasteiger partial charge in [-0.2, -0.15) is 4.98 Å². The predicted octanol–water partition coefficient (Wildman–Crippen LogP) is 4.31. The molecule has 0 bridgehead atoms. The molecule has 0 aliphatic rings. The smallest absolute Gasteiger partial charge is 0.226 e. The van der Waals surface area contributed by atoms with Gasteiger partial charge < -0.3 is 10.6 Å². The molecule has 0 spiro atoms. The third kappa shape index (κ3) is 2.95. The average molecular weight is 302 g/mol. The van der Waals surface area contributed by atoms with Crippen molar-refractivity contribution < 1.29 is 4.39 Å². The third-order valence-corrected chi connectivity index (χ3v) is 3.88. The van der Waals surface area contributed by atoms with Crippen LogP contribution in [0, 0.1) is 12.7 Å². The Labute approximate surface area is 126 Å². The molecule has 0 atom stereocenters. The summed E-state index contributed by atoms with van der Waals surface area (Å²) in [6.07, 6.45) is 0. The highest BCUT2D eigenvalue weighted by Gasteiger charge is 2.10. The Morgan fingerprint density at radius 1 is 1.24 bits per heavy atom. The van der Waals surface area contributed by atoms with Crippen LogP contribution in [-0.4, -0.2) is 16.5 Å². The fourth-order valence-corrected chi connectivity index (χ4v) is 2.96. The number of nitrogens with one attached hydrogen (secondary N) is 2. The minimum Gasteiger partial charge on any atom is -0.354 e. The fourth-order valence-electron chi connectivity index (χ4n) is 2.08. The van der Waals surface area contributed by atoms with E-state index in [2.05, 4.69) is 20.6 Å². The van der Waals surface area contributed by atoms with Gasteiger partial charge in [0.2, 0.25) is 5.95 Å². The zero-order chi connectivity index (χ0) is 14.8. The number of hydrogen-bond donors (Lipinski definition) is 2. The van der Waals surface area contributed by atoms with Crippen molar-refractivity contribution in [2.75, 3.05) is 17.2 Å². The van der Waals surface area contributed by atoms with Crippen LogP contribution in [0.15, 0.2) is 30.3 Å². The lowest BCUT2D eigenvalue weighted by Gasteiger charge is -2.09. The van der Waals surface area contributed by atoms with Crippen molar-refractivity contribution >= 4 is 39.0 Å². The molecular weight excluding hydrogens is 287 g/mol. The first-order valence-corrected chi connectivity index (χ1v) is 7.52. The molecule has 2 aromatic heterocycles. The summed E-state index contributed by atoms with van der Waals surface area (Å²) in [4.78, 5) is 11.0. The normalized spacial score (nSPS) is 10.8. The SMILES string of the molecule is CCNc1nc(Nc2cccc(F)c2)c2cc(C)sc2n1. The molecule has 6 heteroatoms. The fraction of sp³-hybridized carbons (Fsp3) is 0.200. The maximum absolute atomic E-state index is 13.3. The number of thiophene rings is 1. The molecule has 0 saturated heterocycles. The van der Waals surface area contributed by atoms with Gasteiger partial charge in [-0.1, -0.05) is 6.07 Å². The summed E-state index contributed by atoms with van der Waals surface area (Å²) in [7, 11) is 0. The second-order valence-electron chi connectivity index (χ2n) is 4.64. The standard InChI is InChI=1S/C15H15FN4S/c1-3-17-15-19-13(12-7-9(2)21-14(12)20-15)18-11-6-4-5-10(16)8-11/h4-8H,3H2,1-2H3,(H2,17,18,19,20). The van der Waals surface area contributed by atoms with Gasteiger partial charge in [0.15, 0.2) is 0 Å². The molecule has 0 fully saturated rings. The summed E-state index contributed by atoms with van der Waals surface area (Å²) in [5.74, 6) is 0.982. The van der Waals surface area contributed by atoms with Gasteiger partial charge in [0.25, 0.3) is 0 Å². The lowest BCUT2D eigenvalue weighted by molar-refractivity contribution is 0.628. The highest BCUT2D eigenvalue weighted by Crippen LogP contribution is 2.31. The van der Waals surface area contributed by atoms with Crippen molar-refractivity contribution in [1.82, 2.24) is 9.97 Å². The van der Waals surface area contributed by atoms with Crippen molar-refractivity contribution in [1.29, 1.82) is 0 Å². The molecule has 0 saturated carbocycles. The lowest BCUT2D eigenvalue weighted by atomic mass is 10.3. The quantitative estimate of drug-likeness (QED) is 0.754. The topological polar surface area (TPSA) is 49.8 Å². The number of anilines is 3. The molecule has 21 heavy (non-hydrogen) atoms. The van der Waals surface area contributed by atoms with Crippen molar-refractivity contribution in [2.24, 2.45) is 0 Å². The Balaban J connectivity index is 2.06. The van der Waals surface area contributed by atoms with Crippen LogP contribution in [0.1, 0.15) is 11.8 Å². The van der Waals surface area contributed by atoms with Crippen molar-refractivity contribution in [3.05, 3.63) is 41.0 Å². The predicted molar refractivity (Wildman–Crippen MR) is 86.0 cm³/mol. The molecule has 2 N–H and O–H groups in total. The monoisotopic (exact) mass is 302 g/mol. The minimum atomic E-state index is -0.279. The molecule has 3 aromatic rings. The van der Waals surface area contributed by atoms with Crippen LogP contribution in [0.25, 0.3) is 10.2 Å². The number of fused-ring (bicyclic) bond motifs is 1. The molecule has 108 valence electrons. The van der Waals surface area contributed by atoms with Gasteiger partial charge in [-0.3, -0.25) is 0 Å². The molecule has 0 aliphatic carbocycles. The summed E-state index contributed by atoms with van der Waals surface area (Å²) in [5, 5.41) is 7.24. The van der Waals surface area contributed by atoms with Crippen LogP contribution >= 0.6 is 11.3 Å². The first-order chi connectivity index (χ1) is 10.2. The molecule has 0 amide bonds. The molecule has 3 rings (SSSR count). The second kappa shape index (κ2) is 5.65. The maximum atomic E-state index is 13.3. The Kier molecular flexibility index (Phi) is 3.70. The number of aryl methyl sites for hydroxylation is 1. The van der Waals surface area contributed by atoms with Gasteiger partial charge in [0.05, 0.1) is 5.39 Å². The van der Waals surface area contributed by atoms with Gasteiger partial charge >= 0.3 is 0 Å². The molecule has 4 nitrogen and oxygen atoms in total. The molecule has 0 unspecified atom stereocenters. The Hall–Kier alpha value is -2.21. The van der Waals surface area contributed by atoms with E-state index in [4.69, 9.17) is 0 Å².